The van der Waals surface area contributed by atoms with E-state index >= 15 is 0 Å². The fourth-order valence-electron chi connectivity index (χ4n) is 0. The molecule has 0 unspecified atom stereocenters. The van der Waals surface area contributed by atoms with Crippen molar-refractivity contribution in [2.75, 3.05) is 5.34 Å². The molecule has 0 aromatic carbocycles. The van der Waals surface area contributed by atoms with E-state index < -0.39 is 4.65 Å². The molecule has 0 aromatic rings. The molecule has 0 saturated carbocycles. The van der Waals surface area contributed by atoms with Gasteiger partial charge in [0.05, 0.1) is 5.34 Å². The van der Waals surface area contributed by atoms with Crippen LogP contribution in [0.3, 0.4) is 0 Å². The van der Waals surface area contributed by atoms with Gasteiger partial charge in [-0.25, -0.2) is 0 Å². The first-order valence-electron chi connectivity index (χ1n) is 1.19. The molecule has 0 heterocycles. The van der Waals surface area contributed by atoms with Crippen LogP contribution in [-0.2, 0) is 0 Å². The number of alkyl halides is 2. The smallest absolute Gasteiger partial charge is 0.109 e. The summed E-state index contributed by atoms with van der Waals surface area (Å²) in [6.45, 7) is 0. The molecule has 0 aromatic heterocycles. The standard InChI is InChI=1S/CH2Cl2.Br3HSi/c2-1-3;1-4(2)3/h1H2;4H. The van der Waals surface area contributed by atoms with Gasteiger partial charge in [0.2, 0.25) is 0 Å². The number of hydrogen-bond acceptors (Lipinski definition) is 0. The van der Waals surface area contributed by atoms with E-state index in [9.17, 15) is 0 Å². The lowest BCUT2D eigenvalue weighted by Crippen LogP contribution is -1.60. The first-order valence-corrected chi connectivity index (χ1v) is 11.8. The molecule has 0 spiro atoms. The summed E-state index contributed by atoms with van der Waals surface area (Å²) in [5.74, 6) is 0. The molecule has 46 valence electrons. The largest absolute Gasteiger partial charge is 0.253 e. The second-order valence-corrected chi connectivity index (χ2v) is 21.0. The van der Waals surface area contributed by atoms with Crippen LogP contribution >= 0.6 is 69.1 Å². The predicted octanol–water partition coefficient (Wildman–Crippen LogP) is 3.31. The summed E-state index contributed by atoms with van der Waals surface area (Å²) in [5, 5.41) is 0.194. The van der Waals surface area contributed by atoms with Crippen molar-refractivity contribution in [2.45, 2.75) is 0 Å². The molecule has 0 fully saturated rings. The van der Waals surface area contributed by atoms with Crippen molar-refractivity contribution < 1.29 is 0 Å². The third kappa shape index (κ3) is 64.0. The van der Waals surface area contributed by atoms with Crippen LogP contribution in [0.2, 0.25) is 0 Å². The molecule has 7 heavy (non-hydrogen) atoms. The molecule has 0 amide bonds. The molecule has 0 aliphatic heterocycles. The van der Waals surface area contributed by atoms with Gasteiger partial charge >= 0.3 is 0 Å². The zero-order chi connectivity index (χ0) is 6.28. The second-order valence-electron chi connectivity index (χ2n) is 0.348. The highest BCUT2D eigenvalue weighted by atomic mass is 80.0. The fourth-order valence-corrected chi connectivity index (χ4v) is 0. The third-order valence-corrected chi connectivity index (χ3v) is 0. The number of halogens is 5. The zero-order valence-corrected chi connectivity index (χ0v) is 10.6. The van der Waals surface area contributed by atoms with E-state index in [1.807, 2.05) is 0 Å². The van der Waals surface area contributed by atoms with E-state index in [1.54, 1.807) is 0 Å². The average Bonchev–Trinajstić information content (AvgIpc) is 1.33. The highest BCUT2D eigenvalue weighted by molar-refractivity contribution is 9.69. The molecule has 0 nitrogen and oxygen atoms in total. The minimum atomic E-state index is -0.701. The highest BCUT2D eigenvalue weighted by Gasteiger charge is 1.82. The highest BCUT2D eigenvalue weighted by Crippen LogP contribution is 2.07. The Morgan fingerprint density at radius 1 is 1.14 bits per heavy atom. The first-order chi connectivity index (χ1) is 3.15. The average molecular weight is 354 g/mol. The maximum Gasteiger partial charge on any atom is 0.253 e. The predicted molar refractivity (Wildman–Crippen MR) is 50.5 cm³/mol. The third-order valence-electron chi connectivity index (χ3n) is 0. The Bertz CT molecular complexity index is 24.1. The van der Waals surface area contributed by atoms with E-state index in [2.05, 4.69) is 45.9 Å². The molecule has 0 radical (unpaired) electrons. The van der Waals surface area contributed by atoms with Gasteiger partial charge in [-0.2, -0.15) is 0 Å². The molecular weight excluding hydrogens is 351 g/mol. The second kappa shape index (κ2) is 11.1. The minimum Gasteiger partial charge on any atom is -0.109 e. The quantitative estimate of drug-likeness (QED) is 0.356. The Labute approximate surface area is 78.3 Å². The van der Waals surface area contributed by atoms with E-state index in [0.717, 1.165) is 0 Å². The van der Waals surface area contributed by atoms with Gasteiger partial charge in [-0.15, -0.1) is 69.1 Å². The summed E-state index contributed by atoms with van der Waals surface area (Å²) in [6, 6.07) is 0. The van der Waals surface area contributed by atoms with Crippen molar-refractivity contribution >= 4 is 73.7 Å². The summed E-state index contributed by atoms with van der Waals surface area (Å²) in [7, 11) is 0. The SMILES string of the molecule is Br[SiH](Br)Br.ClCCl. The van der Waals surface area contributed by atoms with Crippen molar-refractivity contribution in [1.29, 1.82) is 0 Å². The van der Waals surface area contributed by atoms with E-state index in [0.29, 0.717) is 0 Å². The molecule has 6 heteroatoms. The van der Waals surface area contributed by atoms with Gasteiger partial charge < -0.3 is 0 Å². The molecule has 0 aliphatic carbocycles. The van der Waals surface area contributed by atoms with Crippen LogP contribution < -0.4 is 0 Å². The van der Waals surface area contributed by atoms with Gasteiger partial charge in [-0.1, -0.05) is 0 Å². The molecule has 0 atom stereocenters. The zero-order valence-electron chi connectivity index (χ0n) is 3.17. The lowest BCUT2D eigenvalue weighted by molar-refractivity contribution is 2.20. The molecule has 0 aliphatic rings. The van der Waals surface area contributed by atoms with Gasteiger partial charge in [0, 0.05) is 0 Å². The molecule has 0 saturated heterocycles. The van der Waals surface area contributed by atoms with E-state index in [1.165, 1.54) is 0 Å². The van der Waals surface area contributed by atoms with Crippen LogP contribution in [-0.4, -0.2) is 9.99 Å². The normalized spacial score (nSPS) is 7.71. The van der Waals surface area contributed by atoms with Gasteiger partial charge in [-0.3, -0.25) is 0 Å². The summed E-state index contributed by atoms with van der Waals surface area (Å²) in [4.78, 5) is 0. The van der Waals surface area contributed by atoms with Crippen molar-refractivity contribution in [3.8, 4) is 0 Å². The Kier molecular flexibility index (Phi) is 19.0. The van der Waals surface area contributed by atoms with Crippen LogP contribution in [0.4, 0.5) is 0 Å². The van der Waals surface area contributed by atoms with Crippen LogP contribution in [0.15, 0.2) is 0 Å². The van der Waals surface area contributed by atoms with Crippen molar-refractivity contribution in [2.24, 2.45) is 0 Å². The number of hydrogen-bond donors (Lipinski definition) is 0. The summed E-state index contributed by atoms with van der Waals surface area (Å²) in [5.41, 5.74) is 0. The lowest BCUT2D eigenvalue weighted by atomic mass is 11.9. The molecular formula is CH3Br3Cl2Si. The Morgan fingerprint density at radius 2 is 1.14 bits per heavy atom. The van der Waals surface area contributed by atoms with Crippen molar-refractivity contribution in [3.05, 3.63) is 0 Å². The van der Waals surface area contributed by atoms with E-state index in [4.69, 9.17) is 23.2 Å². The summed E-state index contributed by atoms with van der Waals surface area (Å²) < 4.78 is -0.701. The van der Waals surface area contributed by atoms with Gasteiger partial charge in [0.25, 0.3) is 4.65 Å². The molecule has 0 N–H and O–H groups in total. The van der Waals surface area contributed by atoms with Crippen LogP contribution in [0, 0.1) is 0 Å². The van der Waals surface area contributed by atoms with Crippen LogP contribution in [0.5, 0.6) is 0 Å². The van der Waals surface area contributed by atoms with Crippen molar-refractivity contribution in [3.63, 3.8) is 0 Å². The Balaban J connectivity index is 0. The lowest BCUT2D eigenvalue weighted by Gasteiger charge is -1.66. The van der Waals surface area contributed by atoms with Crippen LogP contribution in [0.1, 0.15) is 0 Å². The van der Waals surface area contributed by atoms with E-state index in [-0.39, 0.29) is 5.34 Å². The topological polar surface area (TPSA) is 0 Å². The maximum absolute atomic E-state index is 4.76. The Morgan fingerprint density at radius 3 is 1.14 bits per heavy atom. The van der Waals surface area contributed by atoms with Gasteiger partial charge in [0.1, 0.15) is 0 Å². The van der Waals surface area contributed by atoms with Crippen LogP contribution in [0.25, 0.3) is 0 Å². The summed E-state index contributed by atoms with van der Waals surface area (Å²) >= 11 is 19.3. The maximum atomic E-state index is 4.76. The number of rotatable bonds is 0. The monoisotopic (exact) mass is 350 g/mol. The summed E-state index contributed by atoms with van der Waals surface area (Å²) in [6.07, 6.45) is 0. The van der Waals surface area contributed by atoms with Crippen molar-refractivity contribution in [1.82, 2.24) is 0 Å². The molecule has 0 bridgehead atoms. The van der Waals surface area contributed by atoms with Gasteiger partial charge in [0.15, 0.2) is 0 Å². The Hall–Kier alpha value is 2.24. The van der Waals surface area contributed by atoms with Gasteiger partial charge in [-0.05, 0) is 0 Å². The fraction of sp³-hybridized carbons (Fsp3) is 1.00. The minimum absolute atomic E-state index is 0.194. The first kappa shape index (κ1) is 12.0. The molecule has 0 rings (SSSR count).